The molecule has 0 heterocycles. The SMILES string of the molecule is Cc1ccc2ccccc2c1C=NS(=O)(=O)c1ccc(CO)cc1. The van der Waals surface area contributed by atoms with Crippen LogP contribution in [0.2, 0.25) is 0 Å². The van der Waals surface area contributed by atoms with Gasteiger partial charge in [0.15, 0.2) is 0 Å². The van der Waals surface area contributed by atoms with Crippen molar-refractivity contribution in [3.8, 4) is 0 Å². The van der Waals surface area contributed by atoms with Crippen LogP contribution in [0.1, 0.15) is 16.7 Å². The molecule has 0 saturated carbocycles. The van der Waals surface area contributed by atoms with E-state index in [1.54, 1.807) is 12.1 Å². The van der Waals surface area contributed by atoms with Crippen molar-refractivity contribution in [2.75, 3.05) is 0 Å². The van der Waals surface area contributed by atoms with Gasteiger partial charge in [0.2, 0.25) is 0 Å². The number of sulfonamides is 1. The lowest BCUT2D eigenvalue weighted by molar-refractivity contribution is 0.282. The first-order chi connectivity index (χ1) is 11.5. The lowest BCUT2D eigenvalue weighted by Gasteiger charge is -2.06. The maximum atomic E-state index is 12.4. The fraction of sp³-hybridized carbons (Fsp3) is 0.105. The van der Waals surface area contributed by atoms with Crippen molar-refractivity contribution in [3.05, 3.63) is 77.4 Å². The molecule has 4 nitrogen and oxygen atoms in total. The van der Waals surface area contributed by atoms with E-state index in [9.17, 15) is 8.42 Å². The summed E-state index contributed by atoms with van der Waals surface area (Å²) in [4.78, 5) is 0.105. The topological polar surface area (TPSA) is 66.7 Å². The van der Waals surface area contributed by atoms with E-state index in [1.165, 1.54) is 18.3 Å². The van der Waals surface area contributed by atoms with E-state index in [1.807, 2.05) is 43.3 Å². The highest BCUT2D eigenvalue weighted by Gasteiger charge is 2.12. The maximum Gasteiger partial charge on any atom is 0.282 e. The smallest absolute Gasteiger partial charge is 0.282 e. The van der Waals surface area contributed by atoms with Crippen molar-refractivity contribution in [2.24, 2.45) is 4.40 Å². The standard InChI is InChI=1S/C19H17NO3S/c1-14-6-9-16-4-2-3-5-18(16)19(14)12-20-24(22,23)17-10-7-15(13-21)8-11-17/h2-12,21H,13H2,1H3. The highest BCUT2D eigenvalue weighted by molar-refractivity contribution is 7.90. The second-order valence-corrected chi connectivity index (χ2v) is 7.16. The lowest BCUT2D eigenvalue weighted by Crippen LogP contribution is -1.99. The van der Waals surface area contributed by atoms with E-state index in [4.69, 9.17) is 5.11 Å². The van der Waals surface area contributed by atoms with E-state index >= 15 is 0 Å². The number of benzene rings is 3. The largest absolute Gasteiger partial charge is 0.392 e. The van der Waals surface area contributed by atoms with Gasteiger partial charge in [0.25, 0.3) is 10.0 Å². The van der Waals surface area contributed by atoms with Gasteiger partial charge in [-0.3, -0.25) is 0 Å². The van der Waals surface area contributed by atoms with Crippen LogP contribution in [0.5, 0.6) is 0 Å². The predicted molar refractivity (Wildman–Crippen MR) is 95.8 cm³/mol. The number of aryl methyl sites for hydroxylation is 1. The van der Waals surface area contributed by atoms with E-state index in [-0.39, 0.29) is 11.5 Å². The predicted octanol–water partition coefficient (Wildman–Crippen LogP) is 3.45. The Bertz CT molecular complexity index is 1010. The second-order valence-electron chi connectivity index (χ2n) is 5.53. The van der Waals surface area contributed by atoms with Crippen molar-refractivity contribution < 1.29 is 13.5 Å². The van der Waals surface area contributed by atoms with Gasteiger partial charge in [0, 0.05) is 11.8 Å². The van der Waals surface area contributed by atoms with Crippen LogP contribution in [-0.4, -0.2) is 19.7 Å². The fourth-order valence-corrected chi connectivity index (χ4v) is 3.37. The normalized spacial score (nSPS) is 12.1. The summed E-state index contributed by atoms with van der Waals surface area (Å²) in [6.07, 6.45) is 1.41. The van der Waals surface area contributed by atoms with Gasteiger partial charge in [0.1, 0.15) is 0 Å². The minimum absolute atomic E-state index is 0.105. The van der Waals surface area contributed by atoms with Gasteiger partial charge in [0.05, 0.1) is 11.5 Å². The average molecular weight is 339 g/mol. The molecule has 0 aliphatic carbocycles. The molecule has 3 rings (SSSR count). The van der Waals surface area contributed by atoms with Gasteiger partial charge in [-0.2, -0.15) is 12.8 Å². The van der Waals surface area contributed by atoms with Gasteiger partial charge < -0.3 is 5.11 Å². The minimum Gasteiger partial charge on any atom is -0.392 e. The summed E-state index contributed by atoms with van der Waals surface area (Å²) >= 11 is 0. The first-order valence-electron chi connectivity index (χ1n) is 7.50. The van der Waals surface area contributed by atoms with Crippen LogP contribution in [0.3, 0.4) is 0 Å². The molecule has 0 aliphatic rings. The zero-order valence-electron chi connectivity index (χ0n) is 13.2. The van der Waals surface area contributed by atoms with Crippen LogP contribution >= 0.6 is 0 Å². The van der Waals surface area contributed by atoms with Gasteiger partial charge in [-0.15, -0.1) is 0 Å². The van der Waals surface area contributed by atoms with Crippen molar-refractivity contribution in [2.45, 2.75) is 18.4 Å². The quantitative estimate of drug-likeness (QED) is 0.740. The molecule has 0 saturated heterocycles. The van der Waals surface area contributed by atoms with Gasteiger partial charge in [-0.25, -0.2) is 0 Å². The molecule has 0 bridgehead atoms. The van der Waals surface area contributed by atoms with Crippen molar-refractivity contribution in [1.82, 2.24) is 0 Å². The molecule has 24 heavy (non-hydrogen) atoms. The molecule has 3 aromatic rings. The molecular formula is C19H17NO3S. The number of fused-ring (bicyclic) bond motifs is 1. The zero-order valence-corrected chi connectivity index (χ0v) is 14.0. The Balaban J connectivity index is 2.02. The number of nitrogens with zero attached hydrogens (tertiary/aromatic N) is 1. The Labute approximate surface area is 141 Å². The Morgan fingerprint density at radius 1 is 1.00 bits per heavy atom. The third-order valence-corrected chi connectivity index (χ3v) is 5.16. The first-order valence-corrected chi connectivity index (χ1v) is 8.94. The third kappa shape index (κ3) is 3.22. The number of hydrogen-bond donors (Lipinski definition) is 1. The number of hydrogen-bond acceptors (Lipinski definition) is 3. The molecule has 0 fully saturated rings. The summed E-state index contributed by atoms with van der Waals surface area (Å²) in [5.41, 5.74) is 2.41. The third-order valence-electron chi connectivity index (χ3n) is 3.91. The molecule has 0 atom stereocenters. The summed E-state index contributed by atoms with van der Waals surface area (Å²) in [6.45, 7) is 1.80. The molecule has 3 aromatic carbocycles. The van der Waals surface area contributed by atoms with E-state index in [0.717, 1.165) is 21.9 Å². The fourth-order valence-electron chi connectivity index (χ4n) is 2.53. The molecule has 0 aromatic heterocycles. The maximum absolute atomic E-state index is 12.4. The van der Waals surface area contributed by atoms with Gasteiger partial charge in [-0.1, -0.05) is 48.5 Å². The summed E-state index contributed by atoms with van der Waals surface area (Å²) < 4.78 is 28.6. The van der Waals surface area contributed by atoms with Crippen LogP contribution in [0.4, 0.5) is 0 Å². The minimum atomic E-state index is -3.78. The average Bonchev–Trinajstić information content (AvgIpc) is 2.61. The van der Waals surface area contributed by atoms with E-state index in [0.29, 0.717) is 5.56 Å². The summed E-state index contributed by atoms with van der Waals surface area (Å²) in [5, 5.41) is 11.0. The summed E-state index contributed by atoms with van der Waals surface area (Å²) in [5.74, 6) is 0. The van der Waals surface area contributed by atoms with Crippen molar-refractivity contribution in [3.63, 3.8) is 0 Å². The summed E-state index contributed by atoms with van der Waals surface area (Å²) in [7, 11) is -3.78. The van der Waals surface area contributed by atoms with Crippen LogP contribution < -0.4 is 0 Å². The highest BCUT2D eigenvalue weighted by Crippen LogP contribution is 2.21. The number of aliphatic hydroxyl groups is 1. The molecule has 1 N–H and O–H groups in total. The van der Waals surface area contributed by atoms with Gasteiger partial charge in [-0.05, 0) is 41.0 Å². The first kappa shape index (κ1) is 16.4. The Morgan fingerprint density at radius 3 is 2.42 bits per heavy atom. The molecule has 0 radical (unpaired) electrons. The van der Waals surface area contributed by atoms with E-state index in [2.05, 4.69) is 4.40 Å². The second kappa shape index (κ2) is 6.55. The molecule has 0 unspecified atom stereocenters. The monoisotopic (exact) mass is 339 g/mol. The number of rotatable bonds is 4. The summed E-state index contributed by atoms with van der Waals surface area (Å²) in [6, 6.07) is 17.8. The van der Waals surface area contributed by atoms with E-state index < -0.39 is 10.0 Å². The molecule has 0 amide bonds. The van der Waals surface area contributed by atoms with Crippen LogP contribution in [0, 0.1) is 6.92 Å². The zero-order chi connectivity index (χ0) is 17.2. The van der Waals surface area contributed by atoms with Crippen LogP contribution in [0.25, 0.3) is 10.8 Å². The number of aliphatic hydroxyl groups excluding tert-OH is 1. The highest BCUT2D eigenvalue weighted by atomic mass is 32.2. The van der Waals surface area contributed by atoms with Crippen LogP contribution in [0.15, 0.2) is 70.0 Å². The molecular weight excluding hydrogens is 322 g/mol. The molecule has 122 valence electrons. The van der Waals surface area contributed by atoms with Crippen LogP contribution in [-0.2, 0) is 16.6 Å². The Kier molecular flexibility index (Phi) is 4.46. The van der Waals surface area contributed by atoms with Crippen molar-refractivity contribution in [1.29, 1.82) is 0 Å². The van der Waals surface area contributed by atoms with Gasteiger partial charge >= 0.3 is 0 Å². The molecule has 0 spiro atoms. The molecule has 0 aliphatic heterocycles. The Hall–Kier alpha value is -2.50. The Morgan fingerprint density at radius 2 is 1.71 bits per heavy atom. The lowest BCUT2D eigenvalue weighted by atomic mass is 10.0. The van der Waals surface area contributed by atoms with Crippen molar-refractivity contribution >= 4 is 27.0 Å². The molecule has 5 heteroatoms.